The topological polar surface area (TPSA) is 92.3 Å². The van der Waals surface area contributed by atoms with E-state index in [1.54, 1.807) is 6.08 Å². The Bertz CT molecular complexity index is 1060. The molecule has 0 aliphatic rings. The zero-order chi connectivity index (χ0) is 20.0. The molecular weight excluding hydrogens is 396 g/mol. The van der Waals surface area contributed by atoms with Crippen LogP contribution in [-0.4, -0.2) is 35.9 Å². The fraction of sp³-hybridized carbons (Fsp3) is 0.105. The number of nitrogens with one attached hydrogen (secondary N) is 1. The molecule has 0 atom stereocenters. The van der Waals surface area contributed by atoms with Gasteiger partial charge in [-0.1, -0.05) is 72.0 Å². The van der Waals surface area contributed by atoms with E-state index < -0.39 is 15.9 Å². The second-order valence-electron chi connectivity index (χ2n) is 5.85. The minimum Gasteiger partial charge on any atom is -0.297 e. The van der Waals surface area contributed by atoms with Crippen LogP contribution >= 0.6 is 11.3 Å². The van der Waals surface area contributed by atoms with Crippen LogP contribution in [0.1, 0.15) is 11.1 Å². The van der Waals surface area contributed by atoms with Crippen molar-refractivity contribution < 1.29 is 13.2 Å². The van der Waals surface area contributed by atoms with Crippen molar-refractivity contribution in [2.45, 2.75) is 10.9 Å². The largest absolute Gasteiger partial charge is 0.297 e. The summed E-state index contributed by atoms with van der Waals surface area (Å²) in [5.74, 6) is -0.415. The van der Waals surface area contributed by atoms with Gasteiger partial charge in [-0.15, -0.1) is 10.2 Å². The molecule has 0 bridgehead atoms. The quantitative estimate of drug-likeness (QED) is 0.474. The van der Waals surface area contributed by atoms with Gasteiger partial charge < -0.3 is 0 Å². The minimum absolute atomic E-state index is 0.120. The highest BCUT2D eigenvalue weighted by atomic mass is 32.2. The van der Waals surface area contributed by atoms with Crippen molar-refractivity contribution in [3.05, 3.63) is 77.9 Å². The molecule has 3 aromatic rings. The maximum absolute atomic E-state index is 12.7. The molecule has 0 spiro atoms. The van der Waals surface area contributed by atoms with Gasteiger partial charge in [0.25, 0.3) is 10.0 Å². The van der Waals surface area contributed by atoms with Gasteiger partial charge in [0.1, 0.15) is 0 Å². The summed E-state index contributed by atoms with van der Waals surface area (Å²) in [6.45, 7) is 0.213. The van der Waals surface area contributed by atoms with E-state index in [9.17, 15) is 13.2 Å². The van der Waals surface area contributed by atoms with Crippen LogP contribution in [-0.2, 0) is 21.4 Å². The summed E-state index contributed by atoms with van der Waals surface area (Å²) >= 11 is 0.811. The van der Waals surface area contributed by atoms with E-state index in [2.05, 4.69) is 15.5 Å². The lowest BCUT2D eigenvalue weighted by Crippen LogP contribution is -2.26. The fourth-order valence-electron chi connectivity index (χ4n) is 2.31. The molecule has 1 amide bonds. The van der Waals surface area contributed by atoms with Crippen molar-refractivity contribution in [2.75, 3.05) is 12.4 Å². The molecule has 1 heterocycles. The number of carbonyl (C=O) groups excluding carboxylic acids is 1. The Balaban J connectivity index is 1.65. The minimum atomic E-state index is -3.80. The van der Waals surface area contributed by atoms with Crippen molar-refractivity contribution in [1.82, 2.24) is 14.5 Å². The Morgan fingerprint density at radius 1 is 1.07 bits per heavy atom. The summed E-state index contributed by atoms with van der Waals surface area (Å²) in [6.07, 6.45) is 3.01. The third kappa shape index (κ3) is 5.10. The van der Waals surface area contributed by atoms with Gasteiger partial charge in [-0.2, -0.15) is 4.31 Å². The molecule has 28 heavy (non-hydrogen) atoms. The summed E-state index contributed by atoms with van der Waals surface area (Å²) in [7, 11) is -2.32. The van der Waals surface area contributed by atoms with Gasteiger partial charge in [0.2, 0.25) is 15.4 Å². The fourth-order valence-corrected chi connectivity index (χ4v) is 4.56. The first kappa shape index (κ1) is 19.9. The lowest BCUT2D eigenvalue weighted by atomic mass is 10.2. The Morgan fingerprint density at radius 3 is 2.39 bits per heavy atom. The van der Waals surface area contributed by atoms with Crippen LogP contribution in [0.15, 0.2) is 71.1 Å². The summed E-state index contributed by atoms with van der Waals surface area (Å²) in [5.41, 5.74) is 1.73. The van der Waals surface area contributed by atoms with Gasteiger partial charge in [0, 0.05) is 19.7 Å². The number of hydrogen-bond donors (Lipinski definition) is 1. The molecule has 0 saturated heterocycles. The Morgan fingerprint density at radius 2 is 1.71 bits per heavy atom. The van der Waals surface area contributed by atoms with E-state index in [-0.39, 0.29) is 16.0 Å². The van der Waals surface area contributed by atoms with Gasteiger partial charge in [-0.3, -0.25) is 10.1 Å². The molecule has 0 aliphatic carbocycles. The molecule has 7 nitrogen and oxygen atoms in total. The van der Waals surface area contributed by atoms with E-state index >= 15 is 0 Å². The summed E-state index contributed by atoms with van der Waals surface area (Å²) in [6, 6.07) is 18.6. The second kappa shape index (κ2) is 8.87. The first-order chi connectivity index (χ1) is 13.4. The standard InChI is InChI=1S/C19H18N4O3S2/c1-23(14-16-10-6-3-7-11-16)28(25,26)19-22-21-18(27-19)20-17(24)13-12-15-8-4-2-5-9-15/h2-13H,14H2,1H3,(H,20,21,24)/b13-12+. The van der Waals surface area contributed by atoms with Crippen LogP contribution in [0.25, 0.3) is 6.08 Å². The second-order valence-corrected chi connectivity index (χ2v) is 9.05. The number of amides is 1. The molecule has 9 heteroatoms. The number of nitrogens with zero attached hydrogens (tertiary/aromatic N) is 3. The first-order valence-corrected chi connectivity index (χ1v) is 10.6. The highest BCUT2D eigenvalue weighted by Gasteiger charge is 2.26. The van der Waals surface area contributed by atoms with E-state index in [1.807, 2.05) is 60.7 Å². The maximum Gasteiger partial charge on any atom is 0.272 e. The first-order valence-electron chi connectivity index (χ1n) is 8.33. The predicted octanol–water partition coefficient (Wildman–Crippen LogP) is 3.01. The molecule has 144 valence electrons. The number of sulfonamides is 1. The third-order valence-electron chi connectivity index (χ3n) is 3.74. The van der Waals surface area contributed by atoms with E-state index in [0.29, 0.717) is 0 Å². The van der Waals surface area contributed by atoms with Gasteiger partial charge in [-0.05, 0) is 17.2 Å². The number of hydrogen-bond acceptors (Lipinski definition) is 6. The molecule has 2 aromatic carbocycles. The molecule has 1 aromatic heterocycles. The van der Waals surface area contributed by atoms with Crippen LogP contribution in [0.4, 0.5) is 5.13 Å². The van der Waals surface area contributed by atoms with Gasteiger partial charge >= 0.3 is 0 Å². The van der Waals surface area contributed by atoms with Gasteiger partial charge in [-0.25, -0.2) is 8.42 Å². The van der Waals surface area contributed by atoms with Crippen molar-refractivity contribution in [3.63, 3.8) is 0 Å². The average Bonchev–Trinajstić information content (AvgIpc) is 3.17. The summed E-state index contributed by atoms with van der Waals surface area (Å²) in [5, 5.41) is 10.1. The molecule has 1 N–H and O–H groups in total. The highest BCUT2D eigenvalue weighted by Crippen LogP contribution is 2.23. The number of anilines is 1. The van der Waals surface area contributed by atoms with Gasteiger partial charge in [0.05, 0.1) is 0 Å². The van der Waals surface area contributed by atoms with Crippen LogP contribution in [0.5, 0.6) is 0 Å². The molecule has 0 unspecified atom stereocenters. The van der Waals surface area contributed by atoms with Crippen LogP contribution < -0.4 is 5.32 Å². The molecule has 3 rings (SSSR count). The predicted molar refractivity (Wildman–Crippen MR) is 109 cm³/mol. The van der Waals surface area contributed by atoms with E-state index in [0.717, 1.165) is 22.5 Å². The smallest absolute Gasteiger partial charge is 0.272 e. The third-order valence-corrected chi connectivity index (χ3v) is 6.73. The van der Waals surface area contributed by atoms with Crippen LogP contribution in [0, 0.1) is 0 Å². The normalized spacial score (nSPS) is 11.8. The number of benzene rings is 2. The van der Waals surface area contributed by atoms with Crippen LogP contribution in [0.2, 0.25) is 0 Å². The molecule has 0 radical (unpaired) electrons. The highest BCUT2D eigenvalue weighted by molar-refractivity contribution is 7.91. The monoisotopic (exact) mass is 414 g/mol. The zero-order valence-electron chi connectivity index (χ0n) is 15.0. The SMILES string of the molecule is CN(Cc1ccccc1)S(=O)(=O)c1nnc(NC(=O)/C=C/c2ccccc2)s1. The van der Waals surface area contributed by atoms with Crippen molar-refractivity contribution in [2.24, 2.45) is 0 Å². The lowest BCUT2D eigenvalue weighted by Gasteiger charge is -2.14. The molecular formula is C19H18N4O3S2. The lowest BCUT2D eigenvalue weighted by molar-refractivity contribution is -0.111. The van der Waals surface area contributed by atoms with E-state index in [4.69, 9.17) is 0 Å². The Hall–Kier alpha value is -2.88. The van der Waals surface area contributed by atoms with E-state index in [1.165, 1.54) is 17.4 Å². The van der Waals surface area contributed by atoms with Crippen molar-refractivity contribution >= 4 is 38.5 Å². The number of aromatic nitrogens is 2. The summed E-state index contributed by atoms with van der Waals surface area (Å²) < 4.78 is 26.3. The number of rotatable bonds is 7. The number of carbonyl (C=O) groups is 1. The van der Waals surface area contributed by atoms with Gasteiger partial charge in [0.15, 0.2) is 0 Å². The maximum atomic E-state index is 12.7. The average molecular weight is 415 g/mol. The Kier molecular flexibility index (Phi) is 6.30. The molecule has 0 saturated carbocycles. The zero-order valence-corrected chi connectivity index (χ0v) is 16.7. The molecule has 0 fully saturated rings. The summed E-state index contributed by atoms with van der Waals surface area (Å²) in [4.78, 5) is 12.0. The Labute approximate surface area is 167 Å². The molecule has 0 aliphatic heterocycles. The van der Waals surface area contributed by atoms with Crippen molar-refractivity contribution in [1.29, 1.82) is 0 Å². The van der Waals surface area contributed by atoms with Crippen LogP contribution in [0.3, 0.4) is 0 Å². The van der Waals surface area contributed by atoms with Crippen molar-refractivity contribution in [3.8, 4) is 0 Å².